The second kappa shape index (κ2) is 22.3. The van der Waals surface area contributed by atoms with Crippen LogP contribution in [-0.2, 0) is 37.6 Å². The van der Waals surface area contributed by atoms with E-state index in [0.29, 0.717) is 92.4 Å². The van der Waals surface area contributed by atoms with E-state index in [9.17, 15) is 4.79 Å². The highest BCUT2D eigenvalue weighted by Crippen LogP contribution is 2.36. The second-order valence-electron chi connectivity index (χ2n) is 13.1. The molecule has 0 aliphatic heterocycles. The molecule has 0 heterocycles. The summed E-state index contributed by atoms with van der Waals surface area (Å²) in [5.74, 6) is 0. The van der Waals surface area contributed by atoms with Crippen LogP contribution in [0, 0.1) is 0 Å². The summed E-state index contributed by atoms with van der Waals surface area (Å²) in [5.41, 5.74) is -0.509. The largest absolute Gasteiger partial charge is 0.444 e. The molecule has 0 radical (unpaired) electrons. The van der Waals surface area contributed by atoms with Gasteiger partial charge in [0.05, 0.1) is 85.9 Å². The molecule has 0 aliphatic carbocycles. The molecule has 1 amide bonds. The molecule has 0 spiro atoms. The third-order valence-corrected chi connectivity index (χ3v) is 12.1. The normalized spacial score (nSPS) is 12.3. The summed E-state index contributed by atoms with van der Waals surface area (Å²) in [7, 11) is -0.850. The van der Waals surface area contributed by atoms with Gasteiger partial charge in [0.15, 0.2) is 0 Å². The zero-order valence-corrected chi connectivity index (χ0v) is 30.8. The summed E-state index contributed by atoms with van der Waals surface area (Å²) < 4.78 is 45.7. The fourth-order valence-electron chi connectivity index (χ4n) is 4.85. The molecule has 0 saturated heterocycles. The van der Waals surface area contributed by atoms with Gasteiger partial charge in [0, 0.05) is 13.6 Å². The summed E-state index contributed by atoms with van der Waals surface area (Å²) in [6.45, 7) is 19.1. The van der Waals surface area contributed by atoms with E-state index in [4.69, 9.17) is 37.6 Å². The molecule has 0 unspecified atom stereocenters. The lowest BCUT2D eigenvalue weighted by atomic mass is 10.2. The average Bonchev–Trinajstić information content (AvgIpc) is 3.03. The number of carbonyl (C=O) groups excluding carboxylic acids is 1. The molecule has 2 rings (SSSR count). The molecular weight excluding hydrogens is 618 g/mol. The number of likely N-dealkylation sites (N-methyl/N-ethyl adjacent to an activating group) is 1. The Bertz CT molecular complexity index is 1040. The van der Waals surface area contributed by atoms with Crippen molar-refractivity contribution in [3.63, 3.8) is 0 Å². The molecule has 47 heavy (non-hydrogen) atoms. The Morgan fingerprint density at radius 3 is 1.23 bits per heavy atom. The molecule has 0 fully saturated rings. The van der Waals surface area contributed by atoms with Crippen LogP contribution in [0.15, 0.2) is 60.7 Å². The molecule has 10 nitrogen and oxygen atoms in total. The van der Waals surface area contributed by atoms with Gasteiger partial charge >= 0.3 is 6.09 Å². The smallest absolute Gasteiger partial charge is 0.410 e. The van der Waals surface area contributed by atoms with Gasteiger partial charge in [-0.15, -0.1) is 0 Å². The molecule has 0 aromatic heterocycles. The van der Waals surface area contributed by atoms with Crippen molar-refractivity contribution < 1.29 is 42.4 Å². The molecule has 2 aromatic rings. The Morgan fingerprint density at radius 2 is 0.894 bits per heavy atom. The van der Waals surface area contributed by atoms with E-state index in [0.717, 1.165) is 0 Å². The Hall–Kier alpha value is -2.35. The molecular formula is C36H59NO9Si. The molecule has 0 saturated carbocycles. The highest BCUT2D eigenvalue weighted by molar-refractivity contribution is 6.99. The Morgan fingerprint density at radius 1 is 0.553 bits per heavy atom. The second-order valence-corrected chi connectivity index (χ2v) is 17.4. The number of hydrogen-bond donors (Lipinski definition) is 0. The number of ether oxygens (including phenoxy) is 7. The molecule has 0 N–H and O–H groups in total. The van der Waals surface area contributed by atoms with Crippen LogP contribution in [0.1, 0.15) is 41.5 Å². The van der Waals surface area contributed by atoms with E-state index in [-0.39, 0.29) is 11.1 Å². The zero-order valence-electron chi connectivity index (χ0n) is 29.8. The number of hydrogen-bond acceptors (Lipinski definition) is 9. The van der Waals surface area contributed by atoms with Crippen LogP contribution in [0.5, 0.6) is 0 Å². The van der Waals surface area contributed by atoms with Gasteiger partial charge in [-0.25, -0.2) is 4.79 Å². The van der Waals surface area contributed by atoms with Crippen LogP contribution in [-0.4, -0.2) is 124 Å². The van der Waals surface area contributed by atoms with Crippen LogP contribution in [0.25, 0.3) is 0 Å². The molecule has 266 valence electrons. The van der Waals surface area contributed by atoms with Gasteiger partial charge in [-0.1, -0.05) is 81.4 Å². The van der Waals surface area contributed by atoms with E-state index < -0.39 is 13.9 Å². The van der Waals surface area contributed by atoms with Crippen molar-refractivity contribution in [3.05, 3.63) is 60.7 Å². The van der Waals surface area contributed by atoms with Gasteiger partial charge in [0.2, 0.25) is 0 Å². The highest BCUT2D eigenvalue weighted by atomic mass is 28.4. The maximum absolute atomic E-state index is 11.9. The Labute approximate surface area is 284 Å². The topological polar surface area (TPSA) is 94.2 Å². The van der Waals surface area contributed by atoms with Crippen molar-refractivity contribution in [1.29, 1.82) is 0 Å². The van der Waals surface area contributed by atoms with Crippen molar-refractivity contribution in [2.24, 2.45) is 0 Å². The summed E-state index contributed by atoms with van der Waals surface area (Å²) in [6.07, 6.45) is -0.360. The Balaban J connectivity index is 1.44. The Kier molecular flexibility index (Phi) is 19.4. The SMILES string of the molecule is CN(CCOCCOCCOCCOCCOCCOCCO[Si](c1ccccc1)(c1ccccc1)C(C)(C)C)C(=O)OC(C)(C)C. The van der Waals surface area contributed by atoms with Crippen molar-refractivity contribution in [3.8, 4) is 0 Å². The first-order valence-corrected chi connectivity index (χ1v) is 18.5. The predicted molar refractivity (Wildman–Crippen MR) is 187 cm³/mol. The van der Waals surface area contributed by atoms with E-state index in [1.54, 1.807) is 7.05 Å². The minimum atomic E-state index is -2.54. The van der Waals surface area contributed by atoms with Crippen molar-refractivity contribution >= 4 is 24.8 Å². The third-order valence-electron chi connectivity index (χ3n) is 7.10. The summed E-state index contributed by atoms with van der Waals surface area (Å²) in [4.78, 5) is 13.4. The van der Waals surface area contributed by atoms with Crippen molar-refractivity contribution in [2.75, 3.05) is 99.5 Å². The zero-order chi connectivity index (χ0) is 34.4. The lowest BCUT2D eigenvalue weighted by Crippen LogP contribution is -2.66. The lowest BCUT2D eigenvalue weighted by Gasteiger charge is -2.43. The van der Waals surface area contributed by atoms with E-state index in [1.807, 2.05) is 20.8 Å². The fraction of sp³-hybridized carbons (Fsp3) is 0.639. The minimum Gasteiger partial charge on any atom is -0.444 e. The van der Waals surface area contributed by atoms with Crippen LogP contribution < -0.4 is 10.4 Å². The van der Waals surface area contributed by atoms with Gasteiger partial charge in [-0.3, -0.25) is 0 Å². The summed E-state index contributed by atoms with van der Waals surface area (Å²) in [6, 6.07) is 21.3. The molecule has 2 aromatic carbocycles. The molecule has 0 bridgehead atoms. The first-order valence-electron chi connectivity index (χ1n) is 16.6. The van der Waals surface area contributed by atoms with Gasteiger partial charge in [0.1, 0.15) is 5.60 Å². The monoisotopic (exact) mass is 677 g/mol. The molecule has 0 atom stereocenters. The van der Waals surface area contributed by atoms with Gasteiger partial charge in [0.25, 0.3) is 8.32 Å². The van der Waals surface area contributed by atoms with Crippen LogP contribution in [0.3, 0.4) is 0 Å². The number of benzene rings is 2. The van der Waals surface area contributed by atoms with Crippen LogP contribution in [0.4, 0.5) is 4.79 Å². The minimum absolute atomic E-state index is 0.0573. The number of amides is 1. The van der Waals surface area contributed by atoms with E-state index in [2.05, 4.69) is 81.4 Å². The lowest BCUT2D eigenvalue weighted by molar-refractivity contribution is -0.0189. The van der Waals surface area contributed by atoms with Crippen molar-refractivity contribution in [1.82, 2.24) is 4.90 Å². The van der Waals surface area contributed by atoms with Gasteiger partial charge in [-0.05, 0) is 36.2 Å². The fourth-order valence-corrected chi connectivity index (χ4v) is 9.39. The van der Waals surface area contributed by atoms with E-state index >= 15 is 0 Å². The highest BCUT2D eigenvalue weighted by Gasteiger charge is 2.50. The first-order chi connectivity index (χ1) is 22.5. The number of carbonyl (C=O) groups is 1. The third kappa shape index (κ3) is 16.1. The van der Waals surface area contributed by atoms with Crippen LogP contribution >= 0.6 is 0 Å². The molecule has 0 aliphatic rings. The van der Waals surface area contributed by atoms with Gasteiger partial charge in [-0.2, -0.15) is 0 Å². The predicted octanol–water partition coefficient (Wildman–Crippen LogP) is 4.53. The summed E-state index contributed by atoms with van der Waals surface area (Å²) >= 11 is 0. The summed E-state index contributed by atoms with van der Waals surface area (Å²) in [5, 5.41) is 2.47. The van der Waals surface area contributed by atoms with Crippen molar-refractivity contribution in [2.45, 2.75) is 52.2 Å². The maximum Gasteiger partial charge on any atom is 0.410 e. The van der Waals surface area contributed by atoms with E-state index in [1.165, 1.54) is 15.3 Å². The quantitative estimate of drug-likeness (QED) is 0.117. The number of nitrogens with zero attached hydrogens (tertiary/aromatic N) is 1. The van der Waals surface area contributed by atoms with Crippen LogP contribution in [0.2, 0.25) is 5.04 Å². The average molecular weight is 678 g/mol. The standard InChI is InChI=1S/C36H59NO9Si/c1-35(2,3)46-34(38)37(7)18-19-39-20-21-40-22-23-41-24-25-42-26-27-43-28-29-44-30-31-45-47(36(4,5)6,32-14-10-8-11-15-32)33-16-12-9-13-17-33/h8-17H,18-31H2,1-7H3. The molecule has 11 heteroatoms. The number of rotatable bonds is 24. The van der Waals surface area contributed by atoms with Gasteiger partial charge < -0.3 is 42.5 Å². The maximum atomic E-state index is 11.9. The first kappa shape index (κ1) is 40.8.